The number of rotatable bonds is 2. The van der Waals surface area contributed by atoms with Crippen molar-refractivity contribution in [3.05, 3.63) is 68.3 Å². The summed E-state index contributed by atoms with van der Waals surface area (Å²) < 4.78 is 5.32. The molecule has 0 unspecified atom stereocenters. The monoisotopic (exact) mass is 242 g/mol. The average molecular weight is 242 g/mol. The summed E-state index contributed by atoms with van der Waals surface area (Å²) in [5.41, 5.74) is 5.14. The van der Waals surface area contributed by atoms with E-state index >= 15 is 0 Å². The molecule has 2 heteroatoms. The lowest BCUT2D eigenvalue weighted by molar-refractivity contribution is 0.462. The molecule has 1 heterocycles. The summed E-state index contributed by atoms with van der Waals surface area (Å²) in [5.74, 6) is 0.732. The van der Waals surface area contributed by atoms with E-state index in [9.17, 15) is 4.79 Å². The summed E-state index contributed by atoms with van der Waals surface area (Å²) in [6, 6.07) is 8.28. The molecule has 0 aliphatic carbocycles. The van der Waals surface area contributed by atoms with E-state index < -0.39 is 0 Å². The van der Waals surface area contributed by atoms with Crippen molar-refractivity contribution >= 4 is 0 Å². The molecule has 94 valence electrons. The van der Waals surface area contributed by atoms with Crippen molar-refractivity contribution in [3.8, 4) is 0 Å². The smallest absolute Gasteiger partial charge is 0.339 e. The molecule has 2 rings (SSSR count). The fraction of sp³-hybridized carbons (Fsp3) is 0.312. The lowest BCUT2D eigenvalue weighted by atomic mass is 10.0. The normalized spacial score (nSPS) is 10.7. The highest BCUT2D eigenvalue weighted by Crippen LogP contribution is 2.16. The minimum atomic E-state index is -0.227. The minimum absolute atomic E-state index is 0.227. The van der Waals surface area contributed by atoms with Crippen LogP contribution in [0.3, 0.4) is 0 Å². The number of hydrogen-bond donors (Lipinski definition) is 0. The topological polar surface area (TPSA) is 30.2 Å². The zero-order valence-corrected chi connectivity index (χ0v) is 11.3. The van der Waals surface area contributed by atoms with E-state index in [4.69, 9.17) is 4.42 Å². The van der Waals surface area contributed by atoms with Crippen LogP contribution in [0.5, 0.6) is 0 Å². The van der Waals surface area contributed by atoms with Gasteiger partial charge in [0.15, 0.2) is 0 Å². The second kappa shape index (κ2) is 4.81. The molecule has 0 saturated carbocycles. The highest BCUT2D eigenvalue weighted by atomic mass is 16.4. The average Bonchev–Trinajstić information content (AvgIpc) is 2.29. The lowest BCUT2D eigenvalue weighted by Crippen LogP contribution is -2.07. The Balaban J connectivity index is 2.37. The molecule has 0 radical (unpaired) electrons. The van der Waals surface area contributed by atoms with Gasteiger partial charge in [0.25, 0.3) is 0 Å². The maximum Gasteiger partial charge on any atom is 0.339 e. The summed E-state index contributed by atoms with van der Waals surface area (Å²) in [6.45, 7) is 7.90. The first kappa shape index (κ1) is 12.6. The highest BCUT2D eigenvalue weighted by Gasteiger charge is 2.07. The van der Waals surface area contributed by atoms with Crippen LogP contribution < -0.4 is 5.63 Å². The molecule has 0 atom stereocenters. The standard InChI is InChI=1S/C16H18O2/c1-10-5-6-14(12(3)7-10)9-15-8-11(2)13(4)16(17)18-15/h5-8H,9H2,1-4H3. The molecule has 2 aromatic rings. The largest absolute Gasteiger partial charge is 0.427 e. The van der Waals surface area contributed by atoms with Crippen molar-refractivity contribution in [3.63, 3.8) is 0 Å². The molecular weight excluding hydrogens is 224 g/mol. The first-order valence-electron chi connectivity index (χ1n) is 6.13. The van der Waals surface area contributed by atoms with Crippen molar-refractivity contribution < 1.29 is 4.42 Å². The second-order valence-corrected chi connectivity index (χ2v) is 4.91. The summed E-state index contributed by atoms with van der Waals surface area (Å²) in [5, 5.41) is 0. The van der Waals surface area contributed by atoms with Crippen LogP contribution in [-0.4, -0.2) is 0 Å². The maximum atomic E-state index is 11.6. The summed E-state index contributed by atoms with van der Waals surface area (Å²) in [6.07, 6.45) is 0.669. The molecule has 0 amide bonds. The third-order valence-electron chi connectivity index (χ3n) is 3.36. The van der Waals surface area contributed by atoms with Crippen LogP contribution in [-0.2, 0) is 6.42 Å². The molecule has 0 aliphatic rings. The maximum absolute atomic E-state index is 11.6. The summed E-state index contributed by atoms with van der Waals surface area (Å²) >= 11 is 0. The van der Waals surface area contributed by atoms with Gasteiger partial charge in [-0.15, -0.1) is 0 Å². The van der Waals surface area contributed by atoms with Gasteiger partial charge in [-0.3, -0.25) is 0 Å². The Bertz CT molecular complexity index is 636. The van der Waals surface area contributed by atoms with Crippen molar-refractivity contribution in [2.75, 3.05) is 0 Å². The lowest BCUT2D eigenvalue weighted by Gasteiger charge is -2.07. The zero-order valence-electron chi connectivity index (χ0n) is 11.3. The van der Waals surface area contributed by atoms with Gasteiger partial charge in [-0.1, -0.05) is 23.8 Å². The first-order chi connectivity index (χ1) is 8.47. The van der Waals surface area contributed by atoms with Gasteiger partial charge in [0.2, 0.25) is 0 Å². The van der Waals surface area contributed by atoms with Crippen molar-refractivity contribution in [1.82, 2.24) is 0 Å². The van der Waals surface area contributed by atoms with Crippen LogP contribution >= 0.6 is 0 Å². The Morgan fingerprint density at radius 1 is 1.00 bits per heavy atom. The number of benzene rings is 1. The van der Waals surface area contributed by atoms with E-state index in [0.29, 0.717) is 12.0 Å². The van der Waals surface area contributed by atoms with E-state index in [0.717, 1.165) is 11.3 Å². The fourth-order valence-corrected chi connectivity index (χ4v) is 2.05. The van der Waals surface area contributed by atoms with E-state index in [2.05, 4.69) is 32.0 Å². The molecule has 0 saturated heterocycles. The van der Waals surface area contributed by atoms with Gasteiger partial charge in [-0.05, 0) is 50.5 Å². The van der Waals surface area contributed by atoms with Gasteiger partial charge in [0, 0.05) is 12.0 Å². The van der Waals surface area contributed by atoms with Gasteiger partial charge in [0.1, 0.15) is 5.76 Å². The molecule has 1 aromatic carbocycles. The highest BCUT2D eigenvalue weighted by molar-refractivity contribution is 5.33. The van der Waals surface area contributed by atoms with Crippen LogP contribution in [0.1, 0.15) is 33.6 Å². The fourth-order valence-electron chi connectivity index (χ4n) is 2.05. The quantitative estimate of drug-likeness (QED) is 0.807. The molecule has 0 spiro atoms. The Hall–Kier alpha value is -1.83. The third kappa shape index (κ3) is 2.53. The molecule has 2 nitrogen and oxygen atoms in total. The molecule has 0 fully saturated rings. The molecule has 1 aromatic heterocycles. The van der Waals surface area contributed by atoms with E-state index in [-0.39, 0.29) is 5.63 Å². The van der Waals surface area contributed by atoms with E-state index in [1.54, 1.807) is 6.92 Å². The predicted octanol–water partition coefficient (Wildman–Crippen LogP) is 3.46. The van der Waals surface area contributed by atoms with Gasteiger partial charge in [-0.2, -0.15) is 0 Å². The minimum Gasteiger partial charge on any atom is -0.427 e. The van der Waals surface area contributed by atoms with Crippen LogP contribution in [0.15, 0.2) is 33.5 Å². The number of aryl methyl sites for hydroxylation is 3. The van der Waals surface area contributed by atoms with Crippen LogP contribution in [0.25, 0.3) is 0 Å². The Morgan fingerprint density at radius 2 is 1.72 bits per heavy atom. The predicted molar refractivity (Wildman–Crippen MR) is 73.2 cm³/mol. The molecule has 0 aliphatic heterocycles. The van der Waals surface area contributed by atoms with Crippen LogP contribution in [0, 0.1) is 27.7 Å². The first-order valence-corrected chi connectivity index (χ1v) is 6.13. The van der Waals surface area contributed by atoms with Gasteiger partial charge >= 0.3 is 5.63 Å². The van der Waals surface area contributed by atoms with E-state index in [1.165, 1.54) is 16.7 Å². The molecule has 0 bridgehead atoms. The van der Waals surface area contributed by atoms with Gasteiger partial charge in [0.05, 0.1) is 0 Å². The van der Waals surface area contributed by atoms with Crippen LogP contribution in [0.4, 0.5) is 0 Å². The van der Waals surface area contributed by atoms with Crippen molar-refractivity contribution in [2.24, 2.45) is 0 Å². The zero-order chi connectivity index (χ0) is 13.3. The number of hydrogen-bond acceptors (Lipinski definition) is 2. The third-order valence-corrected chi connectivity index (χ3v) is 3.36. The summed E-state index contributed by atoms with van der Waals surface area (Å²) in [4.78, 5) is 11.6. The molecule has 0 N–H and O–H groups in total. The Labute approximate surface area is 107 Å². The van der Waals surface area contributed by atoms with Gasteiger partial charge in [-0.25, -0.2) is 4.79 Å². The molecule has 18 heavy (non-hydrogen) atoms. The second-order valence-electron chi connectivity index (χ2n) is 4.91. The van der Waals surface area contributed by atoms with Crippen LogP contribution in [0.2, 0.25) is 0 Å². The van der Waals surface area contributed by atoms with Crippen molar-refractivity contribution in [2.45, 2.75) is 34.1 Å². The van der Waals surface area contributed by atoms with E-state index in [1.807, 2.05) is 13.0 Å². The Kier molecular flexibility index (Phi) is 3.37. The summed E-state index contributed by atoms with van der Waals surface area (Å²) in [7, 11) is 0. The molecular formula is C16H18O2. The van der Waals surface area contributed by atoms with Crippen molar-refractivity contribution in [1.29, 1.82) is 0 Å². The Morgan fingerprint density at radius 3 is 2.33 bits per heavy atom. The SMILES string of the molecule is Cc1ccc(Cc2cc(C)c(C)c(=O)o2)c(C)c1. The van der Waals surface area contributed by atoms with Gasteiger partial charge < -0.3 is 4.42 Å².